The standard InChI is InChI=1S/C12H19NO3/c1-11(2,16)9-5-12-4-7(12)3-8(6-14)13(12)10(9)15/h7-9,14,16H,3-6H2,1-2H3/t7-,8-,9+,12+/m1/s1. The first-order chi connectivity index (χ1) is 7.40. The Bertz CT molecular complexity index is 349. The van der Waals surface area contributed by atoms with Gasteiger partial charge in [0.25, 0.3) is 0 Å². The van der Waals surface area contributed by atoms with Crippen LogP contribution in [0, 0.1) is 11.8 Å². The van der Waals surface area contributed by atoms with Gasteiger partial charge in [0.1, 0.15) is 0 Å². The predicted octanol–water partition coefficient (Wildman–Crippen LogP) is 0.129. The van der Waals surface area contributed by atoms with Crippen LogP contribution >= 0.6 is 0 Å². The Balaban J connectivity index is 1.91. The van der Waals surface area contributed by atoms with Crippen molar-refractivity contribution < 1.29 is 15.0 Å². The van der Waals surface area contributed by atoms with Gasteiger partial charge in [0, 0.05) is 5.54 Å². The topological polar surface area (TPSA) is 60.8 Å². The summed E-state index contributed by atoms with van der Waals surface area (Å²) in [7, 11) is 0. The molecule has 0 radical (unpaired) electrons. The van der Waals surface area contributed by atoms with E-state index in [1.807, 2.05) is 4.90 Å². The Morgan fingerprint density at radius 3 is 2.75 bits per heavy atom. The van der Waals surface area contributed by atoms with Crippen LogP contribution in [0.15, 0.2) is 0 Å². The monoisotopic (exact) mass is 225 g/mol. The highest BCUT2D eigenvalue weighted by Crippen LogP contribution is 2.65. The molecule has 16 heavy (non-hydrogen) atoms. The number of hydrogen-bond acceptors (Lipinski definition) is 3. The van der Waals surface area contributed by atoms with Crippen molar-refractivity contribution in [3.63, 3.8) is 0 Å². The number of carbonyl (C=O) groups is 1. The van der Waals surface area contributed by atoms with Gasteiger partial charge >= 0.3 is 0 Å². The molecule has 0 aromatic carbocycles. The summed E-state index contributed by atoms with van der Waals surface area (Å²) in [5.41, 5.74) is -0.932. The molecule has 2 saturated heterocycles. The van der Waals surface area contributed by atoms with Gasteiger partial charge in [0.05, 0.1) is 24.2 Å². The molecule has 1 spiro atoms. The lowest BCUT2D eigenvalue weighted by atomic mass is 9.87. The smallest absolute Gasteiger partial charge is 0.229 e. The van der Waals surface area contributed by atoms with E-state index in [0.29, 0.717) is 5.92 Å². The van der Waals surface area contributed by atoms with Crippen molar-refractivity contribution in [1.29, 1.82) is 0 Å². The van der Waals surface area contributed by atoms with E-state index in [9.17, 15) is 15.0 Å². The molecule has 4 heteroatoms. The first-order valence-electron chi connectivity index (χ1n) is 6.06. The van der Waals surface area contributed by atoms with E-state index in [0.717, 1.165) is 19.3 Å². The van der Waals surface area contributed by atoms with Crippen LogP contribution in [0.1, 0.15) is 33.1 Å². The maximum atomic E-state index is 12.3. The van der Waals surface area contributed by atoms with Crippen molar-refractivity contribution in [2.24, 2.45) is 11.8 Å². The number of amides is 1. The molecule has 3 rings (SSSR count). The SMILES string of the molecule is CC(C)(O)[C@H]1C[C@@]23C[C@H]2C[C@H](CO)N3C1=O. The molecule has 3 fully saturated rings. The zero-order chi connectivity index (χ0) is 11.7. The Morgan fingerprint density at radius 2 is 2.19 bits per heavy atom. The van der Waals surface area contributed by atoms with E-state index in [4.69, 9.17) is 0 Å². The number of aliphatic hydroxyl groups excluding tert-OH is 1. The van der Waals surface area contributed by atoms with Gasteiger partial charge in [-0.1, -0.05) is 0 Å². The predicted molar refractivity (Wildman–Crippen MR) is 57.6 cm³/mol. The molecule has 2 heterocycles. The molecular formula is C12H19NO3. The van der Waals surface area contributed by atoms with Gasteiger partial charge in [-0.15, -0.1) is 0 Å². The molecule has 2 aliphatic heterocycles. The highest BCUT2D eigenvalue weighted by atomic mass is 16.3. The third-order valence-corrected chi connectivity index (χ3v) is 4.76. The van der Waals surface area contributed by atoms with Crippen LogP contribution in [0.3, 0.4) is 0 Å². The molecule has 0 bridgehead atoms. The number of rotatable bonds is 2. The van der Waals surface area contributed by atoms with E-state index in [-0.39, 0.29) is 30.0 Å². The fourth-order valence-electron chi connectivity index (χ4n) is 3.83. The summed E-state index contributed by atoms with van der Waals surface area (Å²) >= 11 is 0. The van der Waals surface area contributed by atoms with Crippen molar-refractivity contribution >= 4 is 5.91 Å². The van der Waals surface area contributed by atoms with Gasteiger partial charge in [-0.25, -0.2) is 0 Å². The van der Waals surface area contributed by atoms with Crippen LogP contribution in [0.5, 0.6) is 0 Å². The summed E-state index contributed by atoms with van der Waals surface area (Å²) in [5, 5.41) is 19.3. The van der Waals surface area contributed by atoms with Crippen LogP contribution in [-0.2, 0) is 4.79 Å². The first-order valence-corrected chi connectivity index (χ1v) is 6.06. The number of hydrogen-bond donors (Lipinski definition) is 2. The minimum atomic E-state index is -0.941. The van der Waals surface area contributed by atoms with Crippen molar-refractivity contribution in [2.75, 3.05) is 6.61 Å². The second-order valence-electron chi connectivity index (χ2n) is 6.20. The maximum Gasteiger partial charge on any atom is 0.229 e. The number of piperidine rings is 1. The molecule has 1 aliphatic carbocycles. The molecule has 2 N–H and O–H groups in total. The molecule has 0 unspecified atom stereocenters. The summed E-state index contributed by atoms with van der Waals surface area (Å²) in [5.74, 6) is 0.333. The number of carbonyl (C=O) groups excluding carboxylic acids is 1. The molecule has 3 aliphatic rings. The van der Waals surface area contributed by atoms with E-state index in [2.05, 4.69) is 0 Å². The van der Waals surface area contributed by atoms with Gasteiger partial charge in [-0.3, -0.25) is 4.79 Å². The van der Waals surface area contributed by atoms with Crippen LogP contribution in [0.25, 0.3) is 0 Å². The van der Waals surface area contributed by atoms with Crippen molar-refractivity contribution in [2.45, 2.75) is 50.3 Å². The fourth-order valence-corrected chi connectivity index (χ4v) is 3.83. The van der Waals surface area contributed by atoms with Gasteiger partial charge in [-0.05, 0) is 39.0 Å². The largest absolute Gasteiger partial charge is 0.394 e. The second-order valence-corrected chi connectivity index (χ2v) is 6.20. The highest BCUT2D eigenvalue weighted by Gasteiger charge is 2.72. The van der Waals surface area contributed by atoms with Crippen LogP contribution in [0.4, 0.5) is 0 Å². The van der Waals surface area contributed by atoms with E-state index in [1.54, 1.807) is 13.8 Å². The third-order valence-electron chi connectivity index (χ3n) is 4.76. The quantitative estimate of drug-likeness (QED) is 0.702. The minimum Gasteiger partial charge on any atom is -0.394 e. The van der Waals surface area contributed by atoms with Crippen LogP contribution in [0.2, 0.25) is 0 Å². The first kappa shape index (κ1) is 10.5. The third kappa shape index (κ3) is 1.09. The average molecular weight is 225 g/mol. The molecule has 0 aromatic heterocycles. The fraction of sp³-hybridized carbons (Fsp3) is 0.917. The molecule has 1 saturated carbocycles. The zero-order valence-corrected chi connectivity index (χ0v) is 9.81. The van der Waals surface area contributed by atoms with Crippen molar-refractivity contribution in [3.05, 3.63) is 0 Å². The van der Waals surface area contributed by atoms with Gasteiger partial charge in [0.2, 0.25) is 5.91 Å². The number of nitrogens with zero attached hydrogens (tertiary/aromatic N) is 1. The average Bonchev–Trinajstić information content (AvgIpc) is 2.61. The van der Waals surface area contributed by atoms with E-state index >= 15 is 0 Å². The summed E-state index contributed by atoms with van der Waals surface area (Å²) < 4.78 is 0. The molecular weight excluding hydrogens is 206 g/mol. The minimum absolute atomic E-state index is 0.00130. The molecule has 1 amide bonds. The summed E-state index contributed by atoms with van der Waals surface area (Å²) in [6, 6.07) is -0.00130. The molecule has 90 valence electrons. The summed E-state index contributed by atoms with van der Waals surface area (Å²) in [6.45, 7) is 3.47. The molecule has 4 nitrogen and oxygen atoms in total. The Hall–Kier alpha value is -0.610. The van der Waals surface area contributed by atoms with Crippen LogP contribution < -0.4 is 0 Å². The van der Waals surface area contributed by atoms with E-state index < -0.39 is 5.60 Å². The number of aliphatic hydroxyl groups is 2. The maximum absolute atomic E-state index is 12.3. The Morgan fingerprint density at radius 1 is 1.50 bits per heavy atom. The lowest BCUT2D eigenvalue weighted by Gasteiger charge is -2.28. The summed E-state index contributed by atoms with van der Waals surface area (Å²) in [4.78, 5) is 14.2. The normalized spacial score (nSPS) is 45.9. The highest BCUT2D eigenvalue weighted by molar-refractivity contribution is 5.85. The summed E-state index contributed by atoms with van der Waals surface area (Å²) in [6.07, 6.45) is 2.79. The van der Waals surface area contributed by atoms with Crippen molar-refractivity contribution in [3.8, 4) is 0 Å². The lowest BCUT2D eigenvalue weighted by molar-refractivity contribution is -0.140. The zero-order valence-electron chi connectivity index (χ0n) is 9.81. The van der Waals surface area contributed by atoms with E-state index in [1.165, 1.54) is 0 Å². The Labute approximate surface area is 95.2 Å². The molecule has 4 atom stereocenters. The Kier molecular flexibility index (Phi) is 1.84. The second kappa shape index (κ2) is 2.79. The van der Waals surface area contributed by atoms with Gasteiger partial charge in [-0.2, -0.15) is 0 Å². The lowest BCUT2D eigenvalue weighted by Crippen LogP contribution is -2.44. The molecule has 0 aromatic rings. The van der Waals surface area contributed by atoms with Gasteiger partial charge in [0.15, 0.2) is 0 Å². The van der Waals surface area contributed by atoms with Crippen molar-refractivity contribution in [1.82, 2.24) is 4.90 Å². The van der Waals surface area contributed by atoms with Crippen LogP contribution in [-0.4, -0.2) is 44.8 Å². The van der Waals surface area contributed by atoms with Gasteiger partial charge < -0.3 is 15.1 Å².